The van der Waals surface area contributed by atoms with E-state index in [1.54, 1.807) is 0 Å². The van der Waals surface area contributed by atoms with Gasteiger partial charge in [-0.05, 0) is 34.0 Å². The standard InChI is InChI=1S/C12H15BrClFN2O/c1-6(2)8(5-16)12(18)17-11-9(13)3-7(15)4-10(11)14/h3-4,6,8H,5,16H2,1-2H3,(H,17,18). The Labute approximate surface area is 119 Å². The Bertz CT molecular complexity index is 431. The summed E-state index contributed by atoms with van der Waals surface area (Å²) in [5.74, 6) is -0.878. The average molecular weight is 338 g/mol. The molecule has 1 unspecified atom stereocenters. The SMILES string of the molecule is CC(C)C(CN)C(=O)Nc1c(Cl)cc(F)cc1Br. The first-order valence-electron chi connectivity index (χ1n) is 5.52. The first-order valence-corrected chi connectivity index (χ1v) is 6.69. The van der Waals surface area contributed by atoms with Crippen molar-refractivity contribution in [3.8, 4) is 0 Å². The average Bonchev–Trinajstić information content (AvgIpc) is 2.23. The van der Waals surface area contributed by atoms with Crippen LogP contribution in [0.3, 0.4) is 0 Å². The lowest BCUT2D eigenvalue weighted by Crippen LogP contribution is -2.33. The normalized spacial score (nSPS) is 12.6. The molecule has 1 atom stereocenters. The summed E-state index contributed by atoms with van der Waals surface area (Å²) in [7, 11) is 0. The number of rotatable bonds is 4. The van der Waals surface area contributed by atoms with Crippen molar-refractivity contribution in [2.75, 3.05) is 11.9 Å². The number of benzene rings is 1. The summed E-state index contributed by atoms with van der Waals surface area (Å²) in [5, 5.41) is 2.82. The Morgan fingerprint density at radius 1 is 1.56 bits per heavy atom. The largest absolute Gasteiger partial charge is 0.330 e. The van der Waals surface area contributed by atoms with E-state index in [1.165, 1.54) is 6.07 Å². The molecule has 0 fully saturated rings. The molecular weight excluding hydrogens is 322 g/mol. The number of hydrogen-bond donors (Lipinski definition) is 2. The number of anilines is 1. The lowest BCUT2D eigenvalue weighted by Gasteiger charge is -2.19. The number of nitrogens with one attached hydrogen (secondary N) is 1. The molecule has 100 valence electrons. The minimum absolute atomic E-state index is 0.119. The first kappa shape index (κ1) is 15.4. The van der Waals surface area contributed by atoms with Crippen LogP contribution in [0.25, 0.3) is 0 Å². The van der Waals surface area contributed by atoms with Crippen LogP contribution in [0.4, 0.5) is 10.1 Å². The van der Waals surface area contributed by atoms with Crippen molar-refractivity contribution < 1.29 is 9.18 Å². The highest BCUT2D eigenvalue weighted by Gasteiger charge is 2.22. The molecule has 0 aliphatic heterocycles. The minimum Gasteiger partial charge on any atom is -0.330 e. The maximum Gasteiger partial charge on any atom is 0.229 e. The van der Waals surface area contributed by atoms with Gasteiger partial charge in [-0.15, -0.1) is 0 Å². The van der Waals surface area contributed by atoms with Gasteiger partial charge < -0.3 is 11.1 Å². The van der Waals surface area contributed by atoms with Crippen molar-refractivity contribution in [1.29, 1.82) is 0 Å². The van der Waals surface area contributed by atoms with Gasteiger partial charge in [0.15, 0.2) is 0 Å². The van der Waals surface area contributed by atoms with E-state index in [0.29, 0.717) is 10.2 Å². The van der Waals surface area contributed by atoms with Gasteiger partial charge in [0.1, 0.15) is 5.82 Å². The van der Waals surface area contributed by atoms with E-state index in [2.05, 4.69) is 21.2 Å². The van der Waals surface area contributed by atoms with E-state index >= 15 is 0 Å². The predicted octanol–water partition coefficient (Wildman–Crippen LogP) is 3.41. The molecule has 0 saturated heterocycles. The molecular formula is C12H15BrClFN2O. The highest BCUT2D eigenvalue weighted by molar-refractivity contribution is 9.10. The van der Waals surface area contributed by atoms with Crippen molar-refractivity contribution in [2.24, 2.45) is 17.6 Å². The van der Waals surface area contributed by atoms with Gasteiger partial charge in [-0.3, -0.25) is 4.79 Å². The lowest BCUT2D eigenvalue weighted by atomic mass is 9.95. The van der Waals surface area contributed by atoms with Crippen molar-refractivity contribution in [3.63, 3.8) is 0 Å². The maximum atomic E-state index is 13.1. The third-order valence-corrected chi connectivity index (χ3v) is 3.57. The Morgan fingerprint density at radius 2 is 2.17 bits per heavy atom. The Morgan fingerprint density at radius 3 is 2.61 bits per heavy atom. The molecule has 18 heavy (non-hydrogen) atoms. The topological polar surface area (TPSA) is 55.1 Å². The monoisotopic (exact) mass is 336 g/mol. The summed E-state index contributed by atoms with van der Waals surface area (Å²) < 4.78 is 13.5. The highest BCUT2D eigenvalue weighted by atomic mass is 79.9. The molecule has 1 rings (SSSR count). The molecule has 0 radical (unpaired) electrons. The van der Waals surface area contributed by atoms with E-state index < -0.39 is 5.82 Å². The second-order valence-electron chi connectivity index (χ2n) is 4.32. The first-order chi connectivity index (χ1) is 8.36. The minimum atomic E-state index is -0.468. The van der Waals surface area contributed by atoms with Crippen LogP contribution in [0.5, 0.6) is 0 Å². The molecule has 6 heteroatoms. The fraction of sp³-hybridized carbons (Fsp3) is 0.417. The van der Waals surface area contributed by atoms with E-state index in [1.807, 2.05) is 13.8 Å². The third-order valence-electron chi connectivity index (χ3n) is 2.65. The van der Waals surface area contributed by atoms with Crippen LogP contribution in [0.2, 0.25) is 5.02 Å². The van der Waals surface area contributed by atoms with Gasteiger partial charge in [-0.2, -0.15) is 0 Å². The fourth-order valence-corrected chi connectivity index (χ4v) is 2.46. The second kappa shape index (κ2) is 6.50. The van der Waals surface area contributed by atoms with Gasteiger partial charge in [0, 0.05) is 11.0 Å². The van der Waals surface area contributed by atoms with Crippen LogP contribution >= 0.6 is 27.5 Å². The molecule has 0 heterocycles. The van der Waals surface area contributed by atoms with E-state index in [4.69, 9.17) is 17.3 Å². The van der Waals surface area contributed by atoms with Gasteiger partial charge >= 0.3 is 0 Å². The third kappa shape index (κ3) is 3.67. The van der Waals surface area contributed by atoms with Crippen molar-refractivity contribution in [2.45, 2.75) is 13.8 Å². The molecule has 1 amide bonds. The van der Waals surface area contributed by atoms with Gasteiger partial charge in [-0.1, -0.05) is 25.4 Å². The molecule has 0 spiro atoms. The van der Waals surface area contributed by atoms with E-state index in [9.17, 15) is 9.18 Å². The molecule has 1 aromatic rings. The highest BCUT2D eigenvalue weighted by Crippen LogP contribution is 2.32. The Hall–Kier alpha value is -0.650. The summed E-state index contributed by atoms with van der Waals surface area (Å²) in [6, 6.07) is 2.39. The van der Waals surface area contributed by atoms with Crippen LogP contribution in [-0.4, -0.2) is 12.5 Å². The van der Waals surface area contributed by atoms with Crippen molar-refractivity contribution in [3.05, 3.63) is 27.4 Å². The summed E-state index contributed by atoms with van der Waals surface area (Å²) in [6.45, 7) is 4.08. The molecule has 1 aromatic carbocycles. The number of hydrogen-bond acceptors (Lipinski definition) is 2. The maximum absolute atomic E-state index is 13.1. The molecule has 3 N–H and O–H groups in total. The summed E-state index contributed by atoms with van der Waals surface area (Å²) in [5.41, 5.74) is 5.93. The molecule has 0 aliphatic rings. The quantitative estimate of drug-likeness (QED) is 0.884. The smallest absolute Gasteiger partial charge is 0.229 e. The van der Waals surface area contributed by atoms with Gasteiger partial charge in [0.05, 0.1) is 16.6 Å². The van der Waals surface area contributed by atoms with Crippen LogP contribution < -0.4 is 11.1 Å². The van der Waals surface area contributed by atoms with E-state index in [0.717, 1.165) is 6.07 Å². The summed E-state index contributed by atoms with van der Waals surface area (Å²) in [6.07, 6.45) is 0. The van der Waals surface area contributed by atoms with E-state index in [-0.39, 0.29) is 29.3 Å². The van der Waals surface area contributed by atoms with Crippen LogP contribution in [0.1, 0.15) is 13.8 Å². The number of amides is 1. The lowest BCUT2D eigenvalue weighted by molar-refractivity contribution is -0.120. The fourth-order valence-electron chi connectivity index (χ4n) is 1.56. The second-order valence-corrected chi connectivity index (χ2v) is 5.58. The number of nitrogens with two attached hydrogens (primary N) is 1. The molecule has 3 nitrogen and oxygen atoms in total. The van der Waals surface area contributed by atoms with Gasteiger partial charge in [0.25, 0.3) is 0 Å². The number of halogens is 3. The molecule has 0 aromatic heterocycles. The Kier molecular flexibility index (Phi) is 5.56. The predicted molar refractivity (Wildman–Crippen MR) is 75.1 cm³/mol. The van der Waals surface area contributed by atoms with Gasteiger partial charge in [0.2, 0.25) is 5.91 Å². The summed E-state index contributed by atoms with van der Waals surface area (Å²) >= 11 is 9.05. The number of carbonyl (C=O) groups excluding carboxylic acids is 1. The zero-order valence-electron chi connectivity index (χ0n) is 10.1. The zero-order valence-corrected chi connectivity index (χ0v) is 12.5. The zero-order chi connectivity index (χ0) is 13.9. The molecule has 0 saturated carbocycles. The Balaban J connectivity index is 2.95. The molecule has 0 bridgehead atoms. The van der Waals surface area contributed by atoms with Crippen LogP contribution in [0.15, 0.2) is 16.6 Å². The van der Waals surface area contributed by atoms with Crippen LogP contribution in [0, 0.1) is 17.7 Å². The van der Waals surface area contributed by atoms with Crippen molar-refractivity contribution in [1.82, 2.24) is 0 Å². The van der Waals surface area contributed by atoms with Crippen molar-refractivity contribution >= 4 is 39.1 Å². The molecule has 0 aliphatic carbocycles. The van der Waals surface area contributed by atoms with Crippen LogP contribution in [-0.2, 0) is 4.79 Å². The van der Waals surface area contributed by atoms with Gasteiger partial charge in [-0.25, -0.2) is 4.39 Å². The summed E-state index contributed by atoms with van der Waals surface area (Å²) in [4.78, 5) is 12.0. The number of carbonyl (C=O) groups is 1.